The molecule has 0 aliphatic heterocycles. The Morgan fingerprint density at radius 3 is 2.52 bits per heavy atom. The number of anilines is 1. The topological polar surface area (TPSA) is 116 Å². The first-order valence-corrected chi connectivity index (χ1v) is 7.25. The number of halogens is 1. The molecular formula is C16H13FN6O2. The highest BCUT2D eigenvalue weighted by Crippen LogP contribution is 2.18. The number of carbonyl (C=O) groups excluding carboxylic acids is 2. The Balaban J connectivity index is 1.72. The quantitative estimate of drug-likeness (QED) is 0.724. The highest BCUT2D eigenvalue weighted by molar-refractivity contribution is 6.04. The Kier molecular flexibility index (Phi) is 4.46. The molecule has 0 saturated carbocycles. The molecule has 0 saturated heterocycles. The van der Waals surface area contributed by atoms with E-state index < -0.39 is 17.6 Å². The van der Waals surface area contributed by atoms with Gasteiger partial charge in [0, 0.05) is 11.3 Å². The van der Waals surface area contributed by atoms with E-state index in [1.165, 1.54) is 18.2 Å². The number of carbonyl (C=O) groups is 2. The summed E-state index contributed by atoms with van der Waals surface area (Å²) in [6, 6.07) is 12.3. The molecule has 0 spiro atoms. The number of tetrazole rings is 1. The monoisotopic (exact) mass is 340 g/mol. The third kappa shape index (κ3) is 3.83. The highest BCUT2D eigenvalue weighted by atomic mass is 19.1. The first-order valence-electron chi connectivity index (χ1n) is 7.25. The third-order valence-electron chi connectivity index (χ3n) is 3.27. The average Bonchev–Trinajstić information content (AvgIpc) is 3.03. The van der Waals surface area contributed by atoms with E-state index >= 15 is 0 Å². The molecule has 25 heavy (non-hydrogen) atoms. The van der Waals surface area contributed by atoms with Gasteiger partial charge in [0.2, 0.25) is 11.7 Å². The number of nitrogens with one attached hydrogen (secondary N) is 1. The number of hydrogen-bond acceptors (Lipinski definition) is 5. The van der Waals surface area contributed by atoms with E-state index in [1.54, 1.807) is 30.3 Å². The molecule has 0 fully saturated rings. The summed E-state index contributed by atoms with van der Waals surface area (Å²) in [4.78, 5) is 24.0. The Morgan fingerprint density at radius 1 is 1.12 bits per heavy atom. The molecule has 0 bridgehead atoms. The Hall–Kier alpha value is -3.62. The van der Waals surface area contributed by atoms with E-state index in [1.807, 2.05) is 0 Å². The van der Waals surface area contributed by atoms with Gasteiger partial charge in [0.25, 0.3) is 5.91 Å². The lowest BCUT2D eigenvalue weighted by atomic mass is 10.1. The number of benzene rings is 2. The van der Waals surface area contributed by atoms with Crippen molar-refractivity contribution in [1.82, 2.24) is 20.2 Å². The summed E-state index contributed by atoms with van der Waals surface area (Å²) in [6.07, 6.45) is 0. The number of amides is 2. The van der Waals surface area contributed by atoms with Gasteiger partial charge in [-0.2, -0.15) is 4.80 Å². The average molecular weight is 340 g/mol. The van der Waals surface area contributed by atoms with Gasteiger partial charge >= 0.3 is 0 Å². The summed E-state index contributed by atoms with van der Waals surface area (Å²) in [5.41, 5.74) is 6.15. The Labute approximate surface area is 141 Å². The van der Waals surface area contributed by atoms with E-state index in [-0.39, 0.29) is 12.1 Å². The van der Waals surface area contributed by atoms with E-state index in [2.05, 4.69) is 20.7 Å². The zero-order chi connectivity index (χ0) is 17.8. The summed E-state index contributed by atoms with van der Waals surface area (Å²) < 4.78 is 13.6. The van der Waals surface area contributed by atoms with Crippen LogP contribution in [0.15, 0.2) is 48.5 Å². The van der Waals surface area contributed by atoms with Gasteiger partial charge < -0.3 is 11.1 Å². The highest BCUT2D eigenvalue weighted by Gasteiger charge is 2.12. The Morgan fingerprint density at radius 2 is 1.84 bits per heavy atom. The van der Waals surface area contributed by atoms with Gasteiger partial charge in [0.05, 0.1) is 5.56 Å². The predicted molar refractivity (Wildman–Crippen MR) is 86.8 cm³/mol. The molecule has 3 rings (SSSR count). The number of aromatic nitrogens is 4. The minimum atomic E-state index is -0.591. The van der Waals surface area contributed by atoms with Gasteiger partial charge in [-0.05, 0) is 41.6 Å². The van der Waals surface area contributed by atoms with Crippen molar-refractivity contribution in [2.45, 2.75) is 6.54 Å². The largest absolute Gasteiger partial charge is 0.368 e. The van der Waals surface area contributed by atoms with Gasteiger partial charge in [0.15, 0.2) is 0 Å². The molecule has 1 aromatic heterocycles. The van der Waals surface area contributed by atoms with Crippen molar-refractivity contribution in [3.8, 4) is 11.4 Å². The van der Waals surface area contributed by atoms with Crippen LogP contribution < -0.4 is 11.1 Å². The first-order chi connectivity index (χ1) is 12.0. The van der Waals surface area contributed by atoms with Crippen molar-refractivity contribution >= 4 is 17.5 Å². The Bertz CT molecular complexity index is 922. The van der Waals surface area contributed by atoms with Gasteiger partial charge in [-0.3, -0.25) is 9.59 Å². The molecule has 0 aliphatic carbocycles. The molecule has 1 heterocycles. The second-order valence-electron chi connectivity index (χ2n) is 5.12. The molecule has 0 aliphatic rings. The molecule has 2 aromatic carbocycles. The second-order valence-corrected chi connectivity index (χ2v) is 5.12. The van der Waals surface area contributed by atoms with Crippen LogP contribution in [0.1, 0.15) is 10.4 Å². The van der Waals surface area contributed by atoms with Crippen molar-refractivity contribution in [3.05, 3.63) is 59.9 Å². The number of nitrogens with zero attached hydrogens (tertiary/aromatic N) is 4. The van der Waals surface area contributed by atoms with Gasteiger partial charge in [-0.25, -0.2) is 4.39 Å². The zero-order valence-corrected chi connectivity index (χ0v) is 12.9. The van der Waals surface area contributed by atoms with E-state index in [0.29, 0.717) is 17.1 Å². The van der Waals surface area contributed by atoms with Crippen LogP contribution in [0.25, 0.3) is 11.4 Å². The molecule has 126 valence electrons. The standard InChI is InChI=1S/C16H13FN6O2/c17-13-4-2-1-3-12(13)16(25)19-11-7-5-10(6-8-11)15-20-22-23(21-15)9-14(18)24/h1-8H,9H2,(H2,18,24)(H,19,25). The van der Waals surface area contributed by atoms with Crippen molar-refractivity contribution in [2.24, 2.45) is 5.73 Å². The molecule has 0 radical (unpaired) electrons. The summed E-state index contributed by atoms with van der Waals surface area (Å²) in [6.45, 7) is -0.163. The smallest absolute Gasteiger partial charge is 0.258 e. The molecule has 9 heteroatoms. The summed E-state index contributed by atoms with van der Waals surface area (Å²) in [5.74, 6) is -1.40. The maximum atomic E-state index is 13.6. The second kappa shape index (κ2) is 6.87. The zero-order valence-electron chi connectivity index (χ0n) is 12.9. The van der Waals surface area contributed by atoms with Crippen LogP contribution in [0.2, 0.25) is 0 Å². The first kappa shape index (κ1) is 16.2. The van der Waals surface area contributed by atoms with E-state index in [9.17, 15) is 14.0 Å². The number of primary amides is 1. The van der Waals surface area contributed by atoms with Crippen LogP contribution in [0.3, 0.4) is 0 Å². The predicted octanol–water partition coefficient (Wildman–Crippen LogP) is 1.22. The number of nitrogens with two attached hydrogens (primary N) is 1. The maximum Gasteiger partial charge on any atom is 0.258 e. The molecule has 3 N–H and O–H groups in total. The number of rotatable bonds is 5. The fourth-order valence-electron chi connectivity index (χ4n) is 2.11. The minimum absolute atomic E-state index is 0.0392. The molecule has 8 nitrogen and oxygen atoms in total. The van der Waals surface area contributed by atoms with Crippen molar-refractivity contribution in [2.75, 3.05) is 5.32 Å². The lowest BCUT2D eigenvalue weighted by molar-refractivity contribution is -0.118. The van der Waals surface area contributed by atoms with Crippen LogP contribution in [0.5, 0.6) is 0 Å². The van der Waals surface area contributed by atoms with E-state index in [4.69, 9.17) is 5.73 Å². The van der Waals surface area contributed by atoms with Crippen LogP contribution in [-0.4, -0.2) is 32.0 Å². The molecule has 0 atom stereocenters. The van der Waals surface area contributed by atoms with Crippen molar-refractivity contribution < 1.29 is 14.0 Å². The lowest BCUT2D eigenvalue weighted by Crippen LogP contribution is -2.20. The fraction of sp³-hybridized carbons (Fsp3) is 0.0625. The summed E-state index contributed by atoms with van der Waals surface area (Å²) >= 11 is 0. The lowest BCUT2D eigenvalue weighted by Gasteiger charge is -2.06. The number of hydrogen-bond donors (Lipinski definition) is 2. The molecular weight excluding hydrogens is 327 g/mol. The van der Waals surface area contributed by atoms with Gasteiger partial charge in [0.1, 0.15) is 12.4 Å². The molecule has 0 unspecified atom stereocenters. The van der Waals surface area contributed by atoms with Gasteiger partial charge in [-0.1, -0.05) is 12.1 Å². The van der Waals surface area contributed by atoms with Crippen molar-refractivity contribution in [3.63, 3.8) is 0 Å². The van der Waals surface area contributed by atoms with Crippen LogP contribution in [0.4, 0.5) is 10.1 Å². The van der Waals surface area contributed by atoms with Crippen molar-refractivity contribution in [1.29, 1.82) is 0 Å². The minimum Gasteiger partial charge on any atom is -0.368 e. The maximum absolute atomic E-state index is 13.6. The SMILES string of the molecule is NC(=O)Cn1nnc(-c2ccc(NC(=O)c3ccccc3F)cc2)n1. The van der Waals surface area contributed by atoms with Crippen LogP contribution >= 0.6 is 0 Å². The third-order valence-corrected chi connectivity index (χ3v) is 3.27. The molecule has 3 aromatic rings. The van der Waals surface area contributed by atoms with Gasteiger partial charge in [-0.15, -0.1) is 10.2 Å². The fourth-order valence-corrected chi connectivity index (χ4v) is 2.11. The summed E-state index contributed by atoms with van der Waals surface area (Å²) in [5, 5.41) is 14.2. The summed E-state index contributed by atoms with van der Waals surface area (Å²) in [7, 11) is 0. The van der Waals surface area contributed by atoms with Crippen LogP contribution in [0, 0.1) is 5.82 Å². The van der Waals surface area contributed by atoms with Crippen LogP contribution in [-0.2, 0) is 11.3 Å². The molecule has 2 amide bonds. The van der Waals surface area contributed by atoms with E-state index in [0.717, 1.165) is 4.80 Å². The normalized spacial score (nSPS) is 10.4.